The van der Waals surface area contributed by atoms with Gasteiger partial charge in [-0.2, -0.15) is 0 Å². The van der Waals surface area contributed by atoms with Crippen molar-refractivity contribution < 1.29 is 19.4 Å². The number of rotatable bonds is 12. The van der Waals surface area contributed by atoms with E-state index in [1.807, 2.05) is 30.3 Å². The predicted octanol–water partition coefficient (Wildman–Crippen LogP) is 9.29. The number of phenols is 1. The van der Waals surface area contributed by atoms with Gasteiger partial charge in [0, 0.05) is 24.1 Å². The molecule has 0 aliphatic heterocycles. The lowest BCUT2D eigenvalue weighted by Crippen LogP contribution is -2.21. The van der Waals surface area contributed by atoms with Crippen LogP contribution in [0.3, 0.4) is 0 Å². The van der Waals surface area contributed by atoms with E-state index in [1.54, 1.807) is 12.1 Å². The van der Waals surface area contributed by atoms with Gasteiger partial charge in [-0.05, 0) is 48.2 Å². The van der Waals surface area contributed by atoms with E-state index in [4.69, 9.17) is 9.47 Å². The van der Waals surface area contributed by atoms with Crippen molar-refractivity contribution in [2.75, 3.05) is 20.8 Å². The number of nitrogens with one attached hydrogen (secondary N) is 1. The van der Waals surface area contributed by atoms with Crippen molar-refractivity contribution in [3.05, 3.63) is 167 Å². The van der Waals surface area contributed by atoms with E-state index >= 15 is 0 Å². The minimum absolute atomic E-state index is 0. The highest BCUT2D eigenvalue weighted by Crippen LogP contribution is 2.34. The summed E-state index contributed by atoms with van der Waals surface area (Å²) in [5.41, 5.74) is 5.13. The summed E-state index contributed by atoms with van der Waals surface area (Å²) in [5.74, 6) is 0.621. The van der Waals surface area contributed by atoms with Crippen LogP contribution in [0.15, 0.2) is 140 Å². The Morgan fingerprint density at radius 3 is 1.74 bits per heavy atom. The molecule has 0 heterocycles. The Hall–Kier alpha value is -4.84. The second kappa shape index (κ2) is 18.8. The zero-order valence-electron chi connectivity index (χ0n) is 26.5. The molecule has 1 unspecified atom stereocenters. The number of methoxy groups -OCH3 is 2. The number of allylic oxidation sites excluding steroid dienone is 1. The summed E-state index contributed by atoms with van der Waals surface area (Å²) in [6, 6.07) is 45.0. The van der Waals surface area contributed by atoms with Crippen LogP contribution in [0.2, 0.25) is 0 Å². The highest BCUT2D eigenvalue weighted by atomic mass is 35.5. The summed E-state index contributed by atoms with van der Waals surface area (Å²) in [4.78, 5) is 12.3. The summed E-state index contributed by atoms with van der Waals surface area (Å²) in [6.07, 6.45) is 4.18. The van der Waals surface area contributed by atoms with Crippen LogP contribution in [-0.2, 0) is 0 Å². The lowest BCUT2D eigenvalue weighted by molar-refractivity contribution is 0.104. The molecule has 0 aromatic heterocycles. The maximum Gasteiger partial charge on any atom is 0.193 e. The Bertz CT molecular complexity index is 1590. The Morgan fingerprint density at radius 1 is 0.739 bits per heavy atom. The van der Waals surface area contributed by atoms with Gasteiger partial charge in [-0.25, -0.2) is 0 Å². The SMILES string of the molecule is CC(NCCC(c1ccccc1)c1ccccc1)c1ccccc1.COc1cc(O)c(C(=O)C=Cc2ccccc2)c(OC)c1.Cl. The number of carbonyl (C=O) groups excluding carboxylic acids is 1. The smallest absolute Gasteiger partial charge is 0.193 e. The predicted molar refractivity (Wildman–Crippen MR) is 190 cm³/mol. The van der Waals surface area contributed by atoms with Gasteiger partial charge < -0.3 is 19.9 Å². The Labute approximate surface area is 279 Å². The zero-order chi connectivity index (χ0) is 31.9. The molecule has 5 aromatic carbocycles. The number of ketones is 1. The molecule has 2 N–H and O–H groups in total. The normalized spacial score (nSPS) is 11.2. The van der Waals surface area contributed by atoms with Gasteiger partial charge in [0.05, 0.1) is 14.2 Å². The third kappa shape index (κ3) is 10.4. The summed E-state index contributed by atoms with van der Waals surface area (Å²) < 4.78 is 10.2. The minimum atomic E-state index is -0.337. The van der Waals surface area contributed by atoms with Crippen molar-refractivity contribution in [1.29, 1.82) is 0 Å². The van der Waals surface area contributed by atoms with Crippen LogP contribution in [0.4, 0.5) is 0 Å². The molecule has 0 saturated heterocycles. The summed E-state index contributed by atoms with van der Waals surface area (Å²) in [7, 11) is 2.91. The van der Waals surface area contributed by atoms with Gasteiger partial charge in [-0.15, -0.1) is 12.4 Å². The molecule has 0 radical (unpaired) electrons. The van der Waals surface area contributed by atoms with Gasteiger partial charge in [-0.3, -0.25) is 4.79 Å². The Kier molecular flexibility index (Phi) is 14.6. The highest BCUT2D eigenvalue weighted by molar-refractivity contribution is 6.10. The standard InChI is InChI=1S/C23H25N.C17H16O4.ClH/c1-19(20-11-5-2-6-12-20)24-18-17-23(21-13-7-3-8-14-21)22-15-9-4-10-16-22;1-20-13-10-15(19)17(16(11-13)21-2)14(18)9-8-12-6-4-3-5-7-12;/h2-16,19,23-24H,17-18H2,1H3;3-11,19H,1-2H3;1H. The molecule has 238 valence electrons. The molecule has 46 heavy (non-hydrogen) atoms. The fourth-order valence-corrected chi connectivity index (χ4v) is 5.12. The molecule has 6 heteroatoms. The first-order chi connectivity index (χ1) is 22.0. The van der Waals surface area contributed by atoms with Crippen molar-refractivity contribution >= 4 is 24.3 Å². The number of hydrogen-bond donors (Lipinski definition) is 2. The van der Waals surface area contributed by atoms with Crippen LogP contribution in [0.25, 0.3) is 6.08 Å². The van der Waals surface area contributed by atoms with Crippen molar-refractivity contribution in [3.8, 4) is 17.2 Å². The van der Waals surface area contributed by atoms with Gasteiger partial charge in [0.15, 0.2) is 5.78 Å². The quantitative estimate of drug-likeness (QED) is 0.106. The second-order valence-electron chi connectivity index (χ2n) is 10.6. The Morgan fingerprint density at radius 2 is 1.24 bits per heavy atom. The van der Waals surface area contributed by atoms with Crippen molar-refractivity contribution in [3.63, 3.8) is 0 Å². The van der Waals surface area contributed by atoms with Crippen LogP contribution >= 0.6 is 12.4 Å². The molecule has 0 aliphatic carbocycles. The average molecular weight is 636 g/mol. The minimum Gasteiger partial charge on any atom is -0.507 e. The number of phenolic OH excluding ortho intramolecular Hbond substituents is 1. The molecule has 0 saturated carbocycles. The van der Waals surface area contributed by atoms with Crippen molar-refractivity contribution in [1.82, 2.24) is 5.32 Å². The first kappa shape index (κ1) is 35.6. The lowest BCUT2D eigenvalue weighted by atomic mass is 9.88. The molecule has 5 aromatic rings. The van der Waals surface area contributed by atoms with E-state index in [1.165, 1.54) is 43.1 Å². The maximum atomic E-state index is 12.3. The van der Waals surface area contributed by atoms with Crippen LogP contribution in [0.1, 0.15) is 57.9 Å². The van der Waals surface area contributed by atoms with E-state index in [-0.39, 0.29) is 35.3 Å². The second-order valence-corrected chi connectivity index (χ2v) is 10.6. The Balaban J connectivity index is 0.000000247. The number of benzene rings is 5. The van der Waals surface area contributed by atoms with E-state index in [9.17, 15) is 9.90 Å². The summed E-state index contributed by atoms with van der Waals surface area (Å²) in [5, 5.41) is 13.7. The lowest BCUT2D eigenvalue weighted by Gasteiger charge is -2.20. The molecule has 5 nitrogen and oxygen atoms in total. The monoisotopic (exact) mass is 635 g/mol. The van der Waals surface area contributed by atoms with Crippen molar-refractivity contribution in [2.24, 2.45) is 0 Å². The van der Waals surface area contributed by atoms with Gasteiger partial charge in [0.25, 0.3) is 0 Å². The largest absolute Gasteiger partial charge is 0.507 e. The molecule has 0 bridgehead atoms. The first-order valence-corrected chi connectivity index (χ1v) is 15.1. The van der Waals surface area contributed by atoms with Crippen LogP contribution in [-0.4, -0.2) is 31.7 Å². The summed E-state index contributed by atoms with van der Waals surface area (Å²) >= 11 is 0. The molecule has 0 fully saturated rings. The number of hydrogen-bond acceptors (Lipinski definition) is 5. The van der Waals surface area contributed by atoms with Crippen molar-refractivity contribution in [2.45, 2.75) is 25.3 Å². The van der Waals surface area contributed by atoms with Gasteiger partial charge >= 0.3 is 0 Å². The molecule has 1 atom stereocenters. The van der Waals surface area contributed by atoms with E-state index in [0.717, 1.165) is 18.5 Å². The summed E-state index contributed by atoms with van der Waals surface area (Å²) in [6.45, 7) is 3.22. The maximum absolute atomic E-state index is 12.3. The third-order valence-corrected chi connectivity index (χ3v) is 7.57. The highest BCUT2D eigenvalue weighted by Gasteiger charge is 2.17. The van der Waals surface area contributed by atoms with Crippen LogP contribution < -0.4 is 14.8 Å². The van der Waals surface area contributed by atoms with E-state index in [0.29, 0.717) is 17.7 Å². The van der Waals surface area contributed by atoms with Crippen LogP contribution in [0.5, 0.6) is 17.2 Å². The van der Waals surface area contributed by atoms with E-state index < -0.39 is 0 Å². The number of carbonyl (C=O) groups is 1. The fraction of sp³-hybridized carbons (Fsp3) is 0.175. The number of ether oxygens (including phenoxy) is 2. The topological polar surface area (TPSA) is 67.8 Å². The molecule has 0 spiro atoms. The van der Waals surface area contributed by atoms with Crippen LogP contribution in [0, 0.1) is 0 Å². The average Bonchev–Trinajstić information content (AvgIpc) is 3.10. The fourth-order valence-electron chi connectivity index (χ4n) is 5.12. The molecule has 5 rings (SSSR count). The van der Waals surface area contributed by atoms with Gasteiger partial charge in [0.2, 0.25) is 0 Å². The third-order valence-electron chi connectivity index (χ3n) is 7.57. The molecule has 0 amide bonds. The number of halogens is 1. The molecular weight excluding hydrogens is 594 g/mol. The first-order valence-electron chi connectivity index (χ1n) is 15.1. The zero-order valence-corrected chi connectivity index (χ0v) is 27.3. The van der Waals surface area contributed by atoms with Gasteiger partial charge in [0.1, 0.15) is 22.8 Å². The number of aromatic hydroxyl groups is 1. The van der Waals surface area contributed by atoms with E-state index in [2.05, 4.69) is 103 Å². The van der Waals surface area contributed by atoms with Gasteiger partial charge in [-0.1, -0.05) is 127 Å². The molecular formula is C40H42ClNO4. The molecule has 0 aliphatic rings.